The Balaban J connectivity index is 0.000000319. The molecular weight excluding hydrogens is 478 g/mol. The van der Waals surface area contributed by atoms with Gasteiger partial charge in [0.2, 0.25) is 0 Å². The van der Waals surface area contributed by atoms with Gasteiger partial charge in [-0.1, -0.05) is 60.7 Å². The summed E-state index contributed by atoms with van der Waals surface area (Å²) in [6.45, 7) is 1.93. The molecule has 3 aromatic rings. The van der Waals surface area contributed by atoms with Gasteiger partial charge < -0.3 is 10.6 Å². The summed E-state index contributed by atoms with van der Waals surface area (Å²) in [6.07, 6.45) is 5.03. The molecule has 2 aromatic carbocycles. The topological polar surface area (TPSA) is 37.0 Å². The van der Waals surface area contributed by atoms with Crippen LogP contribution in [0.15, 0.2) is 109 Å². The Morgan fingerprint density at radius 3 is 2.27 bits per heavy atom. The van der Waals surface area contributed by atoms with E-state index in [1.807, 2.05) is 68.6 Å². The number of rotatable bonds is 6. The van der Waals surface area contributed by atoms with E-state index in [-0.39, 0.29) is 5.83 Å². The van der Waals surface area contributed by atoms with Crippen molar-refractivity contribution in [2.24, 2.45) is 0 Å². The first-order valence-corrected chi connectivity index (χ1v) is 11.9. The van der Waals surface area contributed by atoms with Gasteiger partial charge in [0.15, 0.2) is 0 Å². The highest BCUT2D eigenvalue weighted by molar-refractivity contribution is 5.41. The van der Waals surface area contributed by atoms with Crippen LogP contribution in [0.25, 0.3) is 0 Å². The molecule has 0 fully saturated rings. The lowest BCUT2D eigenvalue weighted by molar-refractivity contribution is -0.137. The predicted molar refractivity (Wildman–Crippen MR) is 140 cm³/mol. The molecule has 37 heavy (non-hydrogen) atoms. The Morgan fingerprint density at radius 1 is 0.919 bits per heavy atom. The number of benzene rings is 2. The van der Waals surface area contributed by atoms with E-state index in [9.17, 15) is 17.6 Å². The van der Waals surface area contributed by atoms with Crippen molar-refractivity contribution < 1.29 is 17.6 Å². The average molecular weight is 510 g/mol. The van der Waals surface area contributed by atoms with Gasteiger partial charge in [-0.15, -0.1) is 0 Å². The summed E-state index contributed by atoms with van der Waals surface area (Å²) >= 11 is 0. The predicted octanol–water partition coefficient (Wildman–Crippen LogP) is 7.02. The van der Waals surface area contributed by atoms with Crippen LogP contribution in [-0.4, -0.2) is 19.1 Å². The molecular formula is C30H31F4N3. The lowest BCUT2D eigenvalue weighted by atomic mass is 9.80. The number of aromatic nitrogens is 1. The SMILES string of the molecule is CNC(Cc1ccccc1)(c1cccc(C(F)(F)F)c1)c1ccc(C)cn1.CNC1=CCC(F)=CC=C1. The molecule has 1 aliphatic carbocycles. The van der Waals surface area contributed by atoms with Crippen molar-refractivity contribution in [3.05, 3.63) is 137 Å². The van der Waals surface area contributed by atoms with Gasteiger partial charge in [0.1, 0.15) is 5.83 Å². The van der Waals surface area contributed by atoms with Gasteiger partial charge in [-0.3, -0.25) is 4.98 Å². The minimum absolute atomic E-state index is 0.0958. The smallest absolute Gasteiger partial charge is 0.388 e. The molecule has 1 heterocycles. The molecule has 0 bridgehead atoms. The van der Waals surface area contributed by atoms with Crippen molar-refractivity contribution in [2.45, 2.75) is 31.5 Å². The molecule has 0 aliphatic heterocycles. The first-order valence-electron chi connectivity index (χ1n) is 11.9. The second-order valence-electron chi connectivity index (χ2n) is 8.70. The number of allylic oxidation sites excluding steroid dienone is 5. The summed E-state index contributed by atoms with van der Waals surface area (Å²) in [6, 6.07) is 19.0. The molecule has 0 spiro atoms. The van der Waals surface area contributed by atoms with Crippen LogP contribution >= 0.6 is 0 Å². The van der Waals surface area contributed by atoms with Crippen LogP contribution in [0.2, 0.25) is 0 Å². The van der Waals surface area contributed by atoms with Gasteiger partial charge in [-0.2, -0.15) is 13.2 Å². The second kappa shape index (κ2) is 12.5. The molecule has 0 amide bonds. The Labute approximate surface area is 215 Å². The van der Waals surface area contributed by atoms with Crippen LogP contribution in [0, 0.1) is 6.92 Å². The van der Waals surface area contributed by atoms with Gasteiger partial charge in [-0.05, 0) is 61.0 Å². The number of pyridine rings is 1. The van der Waals surface area contributed by atoms with E-state index in [0.717, 1.165) is 22.9 Å². The molecule has 1 atom stereocenters. The molecule has 4 rings (SSSR count). The fourth-order valence-corrected chi connectivity index (χ4v) is 4.07. The Hall–Kier alpha value is -3.71. The number of halogens is 4. The summed E-state index contributed by atoms with van der Waals surface area (Å²) in [7, 11) is 3.57. The minimum Gasteiger partial charge on any atom is -0.388 e. The van der Waals surface area contributed by atoms with Crippen molar-refractivity contribution in [1.29, 1.82) is 0 Å². The summed E-state index contributed by atoms with van der Waals surface area (Å²) in [4.78, 5) is 4.54. The maximum Gasteiger partial charge on any atom is 0.416 e. The first-order chi connectivity index (χ1) is 17.7. The van der Waals surface area contributed by atoms with E-state index in [0.29, 0.717) is 24.1 Å². The van der Waals surface area contributed by atoms with E-state index < -0.39 is 17.3 Å². The maximum atomic E-state index is 13.3. The summed E-state index contributed by atoms with van der Waals surface area (Å²) in [5.74, 6) is -0.0958. The zero-order valence-electron chi connectivity index (χ0n) is 21.1. The van der Waals surface area contributed by atoms with Crippen LogP contribution in [0.5, 0.6) is 0 Å². The Kier molecular flexibility index (Phi) is 9.42. The van der Waals surface area contributed by atoms with E-state index in [4.69, 9.17) is 0 Å². The van der Waals surface area contributed by atoms with E-state index in [1.54, 1.807) is 25.4 Å². The van der Waals surface area contributed by atoms with Crippen molar-refractivity contribution in [1.82, 2.24) is 15.6 Å². The molecule has 194 valence electrons. The summed E-state index contributed by atoms with van der Waals surface area (Å²) < 4.78 is 52.4. The number of nitrogens with one attached hydrogen (secondary N) is 2. The van der Waals surface area contributed by atoms with Crippen LogP contribution in [0.4, 0.5) is 17.6 Å². The summed E-state index contributed by atoms with van der Waals surface area (Å²) in [5.41, 5.74) is 2.62. The van der Waals surface area contributed by atoms with E-state index in [2.05, 4.69) is 15.6 Å². The number of hydrogen-bond acceptors (Lipinski definition) is 3. The van der Waals surface area contributed by atoms with Crippen molar-refractivity contribution in [2.75, 3.05) is 14.1 Å². The summed E-state index contributed by atoms with van der Waals surface area (Å²) in [5, 5.41) is 6.20. The molecule has 7 heteroatoms. The minimum atomic E-state index is -4.40. The monoisotopic (exact) mass is 509 g/mol. The van der Waals surface area contributed by atoms with Crippen LogP contribution in [-0.2, 0) is 18.1 Å². The second-order valence-corrected chi connectivity index (χ2v) is 8.70. The lowest BCUT2D eigenvalue weighted by Gasteiger charge is -2.34. The number of likely N-dealkylation sites (N-methyl/N-ethyl adjacent to an activating group) is 2. The third-order valence-corrected chi connectivity index (χ3v) is 6.13. The van der Waals surface area contributed by atoms with E-state index >= 15 is 0 Å². The third-order valence-electron chi connectivity index (χ3n) is 6.13. The van der Waals surface area contributed by atoms with Crippen molar-refractivity contribution in [3.63, 3.8) is 0 Å². The quantitative estimate of drug-likeness (QED) is 0.351. The normalized spacial score (nSPS) is 14.9. The van der Waals surface area contributed by atoms with Gasteiger partial charge >= 0.3 is 6.18 Å². The van der Waals surface area contributed by atoms with Gasteiger partial charge in [-0.25, -0.2) is 4.39 Å². The highest BCUT2D eigenvalue weighted by Crippen LogP contribution is 2.36. The fraction of sp³-hybridized carbons (Fsp3) is 0.233. The van der Waals surface area contributed by atoms with Gasteiger partial charge in [0.05, 0.1) is 16.8 Å². The molecule has 3 nitrogen and oxygen atoms in total. The van der Waals surface area contributed by atoms with E-state index in [1.165, 1.54) is 18.2 Å². The van der Waals surface area contributed by atoms with Gasteiger partial charge in [0, 0.05) is 31.8 Å². The molecule has 0 saturated carbocycles. The highest BCUT2D eigenvalue weighted by Gasteiger charge is 2.37. The third kappa shape index (κ3) is 7.40. The largest absolute Gasteiger partial charge is 0.416 e. The van der Waals surface area contributed by atoms with Crippen LogP contribution in [0.3, 0.4) is 0 Å². The van der Waals surface area contributed by atoms with Crippen molar-refractivity contribution in [3.8, 4) is 0 Å². The highest BCUT2D eigenvalue weighted by atomic mass is 19.4. The fourth-order valence-electron chi connectivity index (χ4n) is 4.07. The van der Waals surface area contributed by atoms with Crippen molar-refractivity contribution >= 4 is 0 Å². The zero-order valence-corrected chi connectivity index (χ0v) is 21.1. The molecule has 1 unspecified atom stereocenters. The average Bonchev–Trinajstić information content (AvgIpc) is 3.12. The lowest BCUT2D eigenvalue weighted by Crippen LogP contribution is -2.44. The number of hydrogen-bond donors (Lipinski definition) is 2. The van der Waals surface area contributed by atoms with Crippen LogP contribution in [0.1, 0.15) is 34.4 Å². The van der Waals surface area contributed by atoms with Gasteiger partial charge in [0.25, 0.3) is 0 Å². The first kappa shape index (κ1) is 27.9. The molecule has 0 radical (unpaired) electrons. The Bertz CT molecular complexity index is 1250. The number of alkyl halides is 3. The van der Waals surface area contributed by atoms with Crippen LogP contribution < -0.4 is 10.6 Å². The Morgan fingerprint density at radius 2 is 1.65 bits per heavy atom. The standard InChI is InChI=1S/C22H21F3N2.C8H10FN/c1-16-11-12-20(27-15-16)21(26-2,14-17-7-4-3-5-8-17)18-9-6-10-19(13-18)22(23,24)25;1-10-8-4-2-3-7(9)5-6-8/h3-13,15,26H,14H2,1-2H3;2-4,6,10H,5H2,1H3. The zero-order chi connectivity index (χ0) is 26.9. The molecule has 1 aliphatic rings. The molecule has 2 N–H and O–H groups in total. The molecule has 1 aromatic heterocycles. The molecule has 0 saturated heterocycles. The maximum absolute atomic E-state index is 13.3. The number of nitrogens with zero attached hydrogens (tertiary/aromatic N) is 1. The number of aryl methyl sites for hydroxylation is 1.